The first-order chi connectivity index (χ1) is 8.41. The van der Waals surface area contributed by atoms with Gasteiger partial charge in [0, 0.05) is 0 Å². The second-order valence-corrected chi connectivity index (χ2v) is 4.86. The summed E-state index contributed by atoms with van der Waals surface area (Å²) in [5, 5.41) is 19.8. The van der Waals surface area contributed by atoms with Gasteiger partial charge in [-0.2, -0.15) is 0 Å². The fraction of sp³-hybridized carbons (Fsp3) is 0.250. The third-order valence-corrected chi connectivity index (χ3v) is 3.43. The van der Waals surface area contributed by atoms with Gasteiger partial charge in [-0.25, -0.2) is 0 Å². The van der Waals surface area contributed by atoms with E-state index in [0.29, 0.717) is 11.5 Å². The summed E-state index contributed by atoms with van der Waals surface area (Å²) in [5.74, 6) is 0.684. The molecule has 94 valence electrons. The van der Waals surface area contributed by atoms with Gasteiger partial charge in [0.05, 0.1) is 0 Å². The summed E-state index contributed by atoms with van der Waals surface area (Å²) >= 11 is 0. The molecular weight excluding hydrogens is 224 g/mol. The SMILES string of the molecule is Cc1cc(-c2ccc(C)c(O)c2C)cc(C)c1O. The molecule has 0 fully saturated rings. The molecule has 0 aliphatic rings. The molecule has 0 saturated heterocycles. The van der Waals surface area contributed by atoms with Crippen molar-refractivity contribution < 1.29 is 10.2 Å². The molecule has 0 amide bonds. The van der Waals surface area contributed by atoms with Crippen molar-refractivity contribution in [3.8, 4) is 22.6 Å². The quantitative estimate of drug-likeness (QED) is 0.793. The zero-order valence-electron chi connectivity index (χ0n) is 11.2. The molecule has 18 heavy (non-hydrogen) atoms. The molecule has 0 bridgehead atoms. The van der Waals surface area contributed by atoms with Crippen LogP contribution < -0.4 is 0 Å². The minimum absolute atomic E-state index is 0.340. The van der Waals surface area contributed by atoms with Gasteiger partial charge in [0.1, 0.15) is 11.5 Å². The molecule has 0 unspecified atom stereocenters. The van der Waals surface area contributed by atoms with Crippen LogP contribution in [-0.2, 0) is 0 Å². The van der Waals surface area contributed by atoms with E-state index in [1.165, 1.54) is 0 Å². The lowest BCUT2D eigenvalue weighted by Crippen LogP contribution is -1.89. The molecule has 0 saturated carbocycles. The summed E-state index contributed by atoms with van der Waals surface area (Å²) in [5.41, 5.74) is 5.48. The van der Waals surface area contributed by atoms with Crippen molar-refractivity contribution in [1.82, 2.24) is 0 Å². The van der Waals surface area contributed by atoms with Crippen LogP contribution in [0.2, 0.25) is 0 Å². The van der Waals surface area contributed by atoms with E-state index in [9.17, 15) is 10.2 Å². The van der Waals surface area contributed by atoms with Crippen molar-refractivity contribution in [2.24, 2.45) is 0 Å². The second-order valence-electron chi connectivity index (χ2n) is 4.86. The van der Waals surface area contributed by atoms with Crippen LogP contribution >= 0.6 is 0 Å². The van der Waals surface area contributed by atoms with Crippen LogP contribution in [0.1, 0.15) is 22.3 Å². The predicted octanol–water partition coefficient (Wildman–Crippen LogP) is 4.00. The van der Waals surface area contributed by atoms with Gasteiger partial charge in [-0.05, 0) is 73.2 Å². The third kappa shape index (κ3) is 1.94. The Morgan fingerprint density at radius 2 is 1.28 bits per heavy atom. The standard InChI is InChI=1S/C16H18O2/c1-9-5-6-14(12(4)16(9)18)13-7-10(2)15(17)11(3)8-13/h5-8,17-18H,1-4H3. The number of aromatic hydroxyl groups is 2. The molecule has 2 N–H and O–H groups in total. The first kappa shape index (κ1) is 12.5. The van der Waals surface area contributed by atoms with E-state index in [1.54, 1.807) is 0 Å². The highest BCUT2D eigenvalue weighted by atomic mass is 16.3. The Morgan fingerprint density at radius 1 is 0.722 bits per heavy atom. The maximum Gasteiger partial charge on any atom is 0.122 e. The van der Waals surface area contributed by atoms with Gasteiger partial charge in [0.2, 0.25) is 0 Å². The predicted molar refractivity (Wildman–Crippen MR) is 74.2 cm³/mol. The monoisotopic (exact) mass is 242 g/mol. The molecule has 0 aromatic heterocycles. The smallest absolute Gasteiger partial charge is 0.122 e. The van der Waals surface area contributed by atoms with E-state index < -0.39 is 0 Å². The first-order valence-corrected chi connectivity index (χ1v) is 6.01. The minimum atomic E-state index is 0.340. The highest BCUT2D eigenvalue weighted by Gasteiger charge is 2.10. The number of hydrogen-bond acceptors (Lipinski definition) is 2. The Kier molecular flexibility index (Phi) is 3.04. The molecule has 2 nitrogen and oxygen atoms in total. The number of phenolic OH excluding ortho intramolecular Hbond substituents is 2. The highest BCUT2D eigenvalue weighted by Crippen LogP contribution is 2.35. The Labute approximate surface area is 108 Å². The Hall–Kier alpha value is -1.96. The largest absolute Gasteiger partial charge is 0.507 e. The summed E-state index contributed by atoms with van der Waals surface area (Å²) in [4.78, 5) is 0. The van der Waals surface area contributed by atoms with Crippen molar-refractivity contribution >= 4 is 0 Å². The number of phenols is 2. The van der Waals surface area contributed by atoms with Crippen LogP contribution in [0.5, 0.6) is 11.5 Å². The number of rotatable bonds is 1. The Bertz CT molecular complexity index is 590. The maximum atomic E-state index is 9.99. The normalized spacial score (nSPS) is 10.7. The van der Waals surface area contributed by atoms with E-state index in [4.69, 9.17) is 0 Å². The third-order valence-electron chi connectivity index (χ3n) is 3.43. The van der Waals surface area contributed by atoms with Gasteiger partial charge in [-0.1, -0.05) is 12.1 Å². The molecule has 0 radical (unpaired) electrons. The van der Waals surface area contributed by atoms with Crippen LogP contribution in [0.3, 0.4) is 0 Å². The zero-order valence-corrected chi connectivity index (χ0v) is 11.2. The van der Waals surface area contributed by atoms with Crippen molar-refractivity contribution in [2.45, 2.75) is 27.7 Å². The molecule has 2 aromatic rings. The van der Waals surface area contributed by atoms with E-state index >= 15 is 0 Å². The lowest BCUT2D eigenvalue weighted by Gasteiger charge is -2.12. The number of aryl methyl sites for hydroxylation is 3. The average molecular weight is 242 g/mol. The van der Waals surface area contributed by atoms with Crippen LogP contribution in [0.4, 0.5) is 0 Å². The molecule has 0 aliphatic carbocycles. The summed E-state index contributed by atoms with van der Waals surface area (Å²) in [6.07, 6.45) is 0. The van der Waals surface area contributed by atoms with Crippen LogP contribution in [0.15, 0.2) is 24.3 Å². The molecule has 2 heteroatoms. The van der Waals surface area contributed by atoms with Gasteiger partial charge < -0.3 is 10.2 Å². The molecule has 0 spiro atoms. The fourth-order valence-electron chi connectivity index (χ4n) is 2.26. The van der Waals surface area contributed by atoms with E-state index in [0.717, 1.165) is 33.4 Å². The van der Waals surface area contributed by atoms with E-state index in [-0.39, 0.29) is 0 Å². The molecule has 0 heterocycles. The van der Waals surface area contributed by atoms with Crippen molar-refractivity contribution in [1.29, 1.82) is 0 Å². The fourth-order valence-corrected chi connectivity index (χ4v) is 2.26. The van der Waals surface area contributed by atoms with Gasteiger partial charge in [0.15, 0.2) is 0 Å². The number of benzene rings is 2. The molecule has 2 rings (SSSR count). The highest BCUT2D eigenvalue weighted by molar-refractivity contribution is 5.73. The summed E-state index contributed by atoms with van der Waals surface area (Å²) in [7, 11) is 0. The van der Waals surface area contributed by atoms with Crippen molar-refractivity contribution in [3.63, 3.8) is 0 Å². The van der Waals surface area contributed by atoms with Crippen molar-refractivity contribution in [2.75, 3.05) is 0 Å². The van der Waals surface area contributed by atoms with Crippen molar-refractivity contribution in [3.05, 3.63) is 46.5 Å². The van der Waals surface area contributed by atoms with Gasteiger partial charge >= 0.3 is 0 Å². The summed E-state index contributed by atoms with van der Waals surface area (Å²) in [6, 6.07) is 7.81. The van der Waals surface area contributed by atoms with Gasteiger partial charge in [-0.3, -0.25) is 0 Å². The molecular formula is C16H18O2. The van der Waals surface area contributed by atoms with E-state index in [2.05, 4.69) is 0 Å². The zero-order chi connectivity index (χ0) is 13.4. The lowest BCUT2D eigenvalue weighted by molar-refractivity contribution is 0.467. The number of hydrogen-bond donors (Lipinski definition) is 2. The van der Waals surface area contributed by atoms with Crippen LogP contribution in [-0.4, -0.2) is 10.2 Å². The lowest BCUT2D eigenvalue weighted by atomic mass is 9.94. The topological polar surface area (TPSA) is 40.5 Å². The average Bonchev–Trinajstić information content (AvgIpc) is 2.33. The Morgan fingerprint density at radius 3 is 1.83 bits per heavy atom. The molecule has 2 aromatic carbocycles. The first-order valence-electron chi connectivity index (χ1n) is 6.01. The van der Waals surface area contributed by atoms with Crippen LogP contribution in [0, 0.1) is 27.7 Å². The second kappa shape index (κ2) is 4.37. The van der Waals surface area contributed by atoms with Gasteiger partial charge in [0.25, 0.3) is 0 Å². The summed E-state index contributed by atoms with van der Waals surface area (Å²) < 4.78 is 0. The van der Waals surface area contributed by atoms with Gasteiger partial charge in [-0.15, -0.1) is 0 Å². The summed E-state index contributed by atoms with van der Waals surface area (Å²) in [6.45, 7) is 7.57. The molecule has 0 atom stereocenters. The van der Waals surface area contributed by atoms with E-state index in [1.807, 2.05) is 52.0 Å². The minimum Gasteiger partial charge on any atom is -0.507 e. The van der Waals surface area contributed by atoms with Crippen LogP contribution in [0.25, 0.3) is 11.1 Å². The Balaban J connectivity index is 2.67. The molecule has 0 aliphatic heterocycles. The maximum absolute atomic E-state index is 9.99.